The van der Waals surface area contributed by atoms with E-state index in [0.717, 1.165) is 43.8 Å². The molecule has 0 aromatic heterocycles. The van der Waals surface area contributed by atoms with E-state index in [1.54, 1.807) is 0 Å². The number of amides is 1. The molecule has 1 aromatic rings. The Morgan fingerprint density at radius 3 is 2.79 bits per heavy atom. The summed E-state index contributed by atoms with van der Waals surface area (Å²) in [7, 11) is 0. The first-order chi connectivity index (χ1) is 11.1. The second-order valence-corrected chi connectivity index (χ2v) is 7.73. The second kappa shape index (κ2) is 8.55. The number of piperidine rings is 1. The van der Waals surface area contributed by atoms with Crippen molar-refractivity contribution in [1.82, 2.24) is 10.6 Å². The van der Waals surface area contributed by atoms with Gasteiger partial charge in [0.1, 0.15) is 0 Å². The Kier molecular flexibility index (Phi) is 6.97. The zero-order chi connectivity index (χ0) is 16.3. The largest absolute Gasteiger partial charge is 0.355 e. The summed E-state index contributed by atoms with van der Waals surface area (Å²) in [5.74, 6) is 0.385. The Balaban J connectivity index is 0.00000208. The Morgan fingerprint density at radius 1 is 1.38 bits per heavy atom. The molecule has 0 bridgehead atoms. The molecule has 1 aliphatic heterocycles. The van der Waals surface area contributed by atoms with Crippen molar-refractivity contribution in [2.45, 2.75) is 56.9 Å². The molecule has 1 aliphatic carbocycles. The lowest BCUT2D eigenvalue weighted by molar-refractivity contribution is -0.126. The standard InChI is InChI=1S/C19H27ClN2O.ClH/c1-14-11-15(7-10-21-14)18(23)22-13-19(8-2-3-9-19)16-5-4-6-17(20)12-16;/h4-6,12,14-15,21H,2-3,7-11,13H2,1H3,(H,22,23);1H/t14-,15-;/m0./s1. The van der Waals surface area contributed by atoms with Gasteiger partial charge >= 0.3 is 0 Å². The van der Waals surface area contributed by atoms with E-state index >= 15 is 0 Å². The van der Waals surface area contributed by atoms with Crippen LogP contribution in [0.15, 0.2) is 24.3 Å². The summed E-state index contributed by atoms with van der Waals surface area (Å²) in [5, 5.41) is 7.46. The molecule has 134 valence electrons. The lowest BCUT2D eigenvalue weighted by atomic mass is 9.78. The third-order valence-corrected chi connectivity index (χ3v) is 5.83. The van der Waals surface area contributed by atoms with Gasteiger partial charge < -0.3 is 10.6 Å². The predicted octanol–water partition coefficient (Wildman–Crippen LogP) is 4.08. The van der Waals surface area contributed by atoms with Crippen molar-refractivity contribution in [1.29, 1.82) is 0 Å². The SMILES string of the molecule is C[C@H]1C[C@@H](C(=O)NCC2(c3cccc(Cl)c3)CCCC2)CCN1.Cl. The fourth-order valence-corrected chi connectivity index (χ4v) is 4.40. The Morgan fingerprint density at radius 2 is 2.12 bits per heavy atom. The molecule has 2 atom stereocenters. The quantitative estimate of drug-likeness (QED) is 0.838. The minimum absolute atomic E-state index is 0. The number of halogens is 2. The first kappa shape index (κ1) is 19.6. The number of carbonyl (C=O) groups excluding carboxylic acids is 1. The molecular formula is C19H28Cl2N2O. The summed E-state index contributed by atoms with van der Waals surface area (Å²) in [6, 6.07) is 8.62. The lowest BCUT2D eigenvalue weighted by Crippen LogP contribution is -2.45. The third kappa shape index (κ3) is 4.44. The average molecular weight is 371 g/mol. The third-order valence-electron chi connectivity index (χ3n) is 5.59. The zero-order valence-electron chi connectivity index (χ0n) is 14.3. The van der Waals surface area contributed by atoms with Crippen LogP contribution in [-0.4, -0.2) is 25.0 Å². The summed E-state index contributed by atoms with van der Waals surface area (Å²) in [4.78, 5) is 12.6. The van der Waals surface area contributed by atoms with Crippen molar-refractivity contribution in [3.63, 3.8) is 0 Å². The van der Waals surface area contributed by atoms with Crippen LogP contribution < -0.4 is 10.6 Å². The second-order valence-electron chi connectivity index (χ2n) is 7.29. The van der Waals surface area contributed by atoms with Gasteiger partial charge in [-0.15, -0.1) is 12.4 Å². The highest BCUT2D eigenvalue weighted by Gasteiger charge is 2.36. The number of benzene rings is 1. The summed E-state index contributed by atoms with van der Waals surface area (Å²) in [6.45, 7) is 3.84. The topological polar surface area (TPSA) is 41.1 Å². The van der Waals surface area contributed by atoms with Crippen LogP contribution in [0.4, 0.5) is 0 Å². The van der Waals surface area contributed by atoms with Crippen molar-refractivity contribution < 1.29 is 4.79 Å². The fraction of sp³-hybridized carbons (Fsp3) is 0.632. The van der Waals surface area contributed by atoms with Crippen LogP contribution >= 0.6 is 24.0 Å². The first-order valence-corrected chi connectivity index (χ1v) is 9.24. The molecule has 0 radical (unpaired) electrons. The summed E-state index contributed by atoms with van der Waals surface area (Å²) in [5.41, 5.74) is 1.35. The van der Waals surface area contributed by atoms with Crippen molar-refractivity contribution in [2.75, 3.05) is 13.1 Å². The van der Waals surface area contributed by atoms with Crippen LogP contribution in [-0.2, 0) is 10.2 Å². The number of rotatable bonds is 4. The van der Waals surface area contributed by atoms with Gasteiger partial charge in [0.2, 0.25) is 5.91 Å². The van der Waals surface area contributed by atoms with Gasteiger partial charge in [0, 0.05) is 28.9 Å². The van der Waals surface area contributed by atoms with Gasteiger partial charge in [-0.25, -0.2) is 0 Å². The van der Waals surface area contributed by atoms with Crippen molar-refractivity contribution >= 4 is 29.9 Å². The van der Waals surface area contributed by atoms with Crippen LogP contribution in [0, 0.1) is 5.92 Å². The highest BCUT2D eigenvalue weighted by Crippen LogP contribution is 2.41. The molecule has 1 heterocycles. The summed E-state index contributed by atoms with van der Waals surface area (Å²) in [6.07, 6.45) is 6.61. The summed E-state index contributed by atoms with van der Waals surface area (Å²) >= 11 is 6.19. The molecule has 2 aliphatic rings. The van der Waals surface area contributed by atoms with E-state index in [0.29, 0.717) is 6.04 Å². The fourth-order valence-electron chi connectivity index (χ4n) is 4.21. The Labute approximate surface area is 156 Å². The molecule has 0 spiro atoms. The molecule has 1 saturated carbocycles. The van der Waals surface area contributed by atoms with Crippen molar-refractivity contribution in [3.05, 3.63) is 34.9 Å². The molecule has 24 heavy (non-hydrogen) atoms. The minimum atomic E-state index is 0. The van der Waals surface area contributed by atoms with Gasteiger partial charge in [-0.3, -0.25) is 4.79 Å². The average Bonchev–Trinajstić information content (AvgIpc) is 3.03. The van der Waals surface area contributed by atoms with Gasteiger partial charge in [-0.2, -0.15) is 0 Å². The molecule has 3 nitrogen and oxygen atoms in total. The van der Waals surface area contributed by atoms with E-state index < -0.39 is 0 Å². The van der Waals surface area contributed by atoms with Gasteiger partial charge in [0.25, 0.3) is 0 Å². The Hall–Kier alpha value is -0.770. The van der Waals surface area contributed by atoms with Crippen molar-refractivity contribution in [3.8, 4) is 0 Å². The lowest BCUT2D eigenvalue weighted by Gasteiger charge is -2.32. The maximum Gasteiger partial charge on any atom is 0.223 e. The van der Waals surface area contributed by atoms with E-state index in [1.165, 1.54) is 18.4 Å². The predicted molar refractivity (Wildman–Crippen MR) is 102 cm³/mol. The maximum absolute atomic E-state index is 12.6. The molecule has 2 N–H and O–H groups in total. The van der Waals surface area contributed by atoms with Crippen molar-refractivity contribution in [2.24, 2.45) is 5.92 Å². The monoisotopic (exact) mass is 370 g/mol. The van der Waals surface area contributed by atoms with E-state index in [2.05, 4.69) is 29.7 Å². The Bertz CT molecular complexity index is 558. The van der Waals surface area contributed by atoms with E-state index in [9.17, 15) is 4.79 Å². The molecule has 5 heteroatoms. The van der Waals surface area contributed by atoms with Gasteiger partial charge in [-0.05, 0) is 56.8 Å². The normalized spacial score (nSPS) is 25.8. The highest BCUT2D eigenvalue weighted by molar-refractivity contribution is 6.30. The minimum Gasteiger partial charge on any atom is -0.355 e. The molecule has 2 fully saturated rings. The number of hydrogen-bond donors (Lipinski definition) is 2. The van der Waals surface area contributed by atoms with Crippen LogP contribution in [0.1, 0.15) is 51.0 Å². The van der Waals surface area contributed by atoms with Gasteiger partial charge in [0.15, 0.2) is 0 Å². The van der Waals surface area contributed by atoms with Gasteiger partial charge in [0.05, 0.1) is 0 Å². The number of carbonyl (C=O) groups is 1. The molecule has 1 aromatic carbocycles. The molecular weight excluding hydrogens is 343 g/mol. The first-order valence-electron chi connectivity index (χ1n) is 8.86. The van der Waals surface area contributed by atoms with E-state index in [1.807, 2.05) is 12.1 Å². The van der Waals surface area contributed by atoms with Crippen LogP contribution in [0.2, 0.25) is 5.02 Å². The molecule has 1 amide bonds. The van der Waals surface area contributed by atoms with E-state index in [-0.39, 0.29) is 29.6 Å². The maximum atomic E-state index is 12.6. The number of nitrogens with one attached hydrogen (secondary N) is 2. The highest BCUT2D eigenvalue weighted by atomic mass is 35.5. The number of hydrogen-bond acceptors (Lipinski definition) is 2. The molecule has 1 saturated heterocycles. The van der Waals surface area contributed by atoms with Gasteiger partial charge in [-0.1, -0.05) is 36.6 Å². The van der Waals surface area contributed by atoms with E-state index in [4.69, 9.17) is 11.6 Å². The zero-order valence-corrected chi connectivity index (χ0v) is 15.9. The molecule has 0 unspecified atom stereocenters. The summed E-state index contributed by atoms with van der Waals surface area (Å²) < 4.78 is 0. The van der Waals surface area contributed by atoms with Crippen LogP contribution in [0.3, 0.4) is 0 Å². The van der Waals surface area contributed by atoms with Crippen LogP contribution in [0.5, 0.6) is 0 Å². The van der Waals surface area contributed by atoms with Crippen LogP contribution in [0.25, 0.3) is 0 Å². The smallest absolute Gasteiger partial charge is 0.223 e. The molecule has 3 rings (SSSR count).